The van der Waals surface area contributed by atoms with Gasteiger partial charge in [-0.25, -0.2) is 0 Å². The molecule has 0 atom stereocenters. The first-order valence-electron chi connectivity index (χ1n) is 6.57. The summed E-state index contributed by atoms with van der Waals surface area (Å²) in [5, 5.41) is 4.01. The number of hydrogen-bond acceptors (Lipinski definition) is 5. The first-order valence-corrected chi connectivity index (χ1v) is 6.57. The molecule has 0 aliphatic heterocycles. The highest BCUT2D eigenvalue weighted by Crippen LogP contribution is 2.37. The molecule has 1 aromatic heterocycles. The zero-order valence-corrected chi connectivity index (χ0v) is 12.2. The first-order chi connectivity index (χ1) is 9.21. The molecule has 1 heterocycles. The van der Waals surface area contributed by atoms with Crippen LogP contribution in [0.1, 0.15) is 32.0 Å². The molecule has 1 fully saturated rings. The molecule has 0 saturated heterocycles. The summed E-state index contributed by atoms with van der Waals surface area (Å²) in [6.45, 7) is 2.58. The Morgan fingerprint density at radius 2 is 2.20 bits per heavy atom. The van der Waals surface area contributed by atoms with Crippen molar-refractivity contribution in [2.75, 3.05) is 6.61 Å². The van der Waals surface area contributed by atoms with Crippen LogP contribution in [0.15, 0.2) is 28.8 Å². The number of aromatic nitrogens is 2. The molecule has 0 spiro atoms. The summed E-state index contributed by atoms with van der Waals surface area (Å²) in [5.74, 6) is 1.90. The second kappa shape index (κ2) is 5.81. The van der Waals surface area contributed by atoms with E-state index < -0.39 is 0 Å². The molecule has 108 valence electrons. The lowest BCUT2D eigenvalue weighted by molar-refractivity contribution is 0.229. The Morgan fingerprint density at radius 3 is 2.85 bits per heavy atom. The van der Waals surface area contributed by atoms with E-state index in [1.165, 1.54) is 0 Å². The monoisotopic (exact) mass is 295 g/mol. The van der Waals surface area contributed by atoms with Gasteiger partial charge in [0.15, 0.2) is 5.82 Å². The topological polar surface area (TPSA) is 74.2 Å². The summed E-state index contributed by atoms with van der Waals surface area (Å²) >= 11 is 0. The van der Waals surface area contributed by atoms with Gasteiger partial charge >= 0.3 is 0 Å². The van der Waals surface area contributed by atoms with Crippen molar-refractivity contribution >= 4 is 12.4 Å². The highest BCUT2D eigenvalue weighted by atomic mass is 35.5. The molecule has 3 rings (SSSR count). The van der Waals surface area contributed by atoms with Gasteiger partial charge in [0.2, 0.25) is 0 Å². The molecule has 1 aliphatic carbocycles. The summed E-state index contributed by atoms with van der Waals surface area (Å²) in [7, 11) is 0. The van der Waals surface area contributed by atoms with Gasteiger partial charge in [-0.3, -0.25) is 0 Å². The van der Waals surface area contributed by atoms with Crippen molar-refractivity contribution in [2.24, 2.45) is 5.73 Å². The SMILES string of the molecule is CCOc1cccc(-c2nc(C3(N)CCC3)no2)c1.Cl. The van der Waals surface area contributed by atoms with Crippen molar-refractivity contribution in [3.8, 4) is 17.2 Å². The molecule has 2 N–H and O–H groups in total. The molecule has 5 nitrogen and oxygen atoms in total. The van der Waals surface area contributed by atoms with E-state index in [1.54, 1.807) is 0 Å². The fourth-order valence-corrected chi connectivity index (χ4v) is 2.21. The van der Waals surface area contributed by atoms with E-state index in [-0.39, 0.29) is 17.9 Å². The van der Waals surface area contributed by atoms with E-state index in [4.69, 9.17) is 15.0 Å². The van der Waals surface area contributed by atoms with Gasteiger partial charge < -0.3 is 15.0 Å². The van der Waals surface area contributed by atoms with Gasteiger partial charge in [0.05, 0.1) is 12.1 Å². The average molecular weight is 296 g/mol. The van der Waals surface area contributed by atoms with Crippen LogP contribution in [0, 0.1) is 0 Å². The average Bonchev–Trinajstić information content (AvgIpc) is 2.87. The maximum Gasteiger partial charge on any atom is 0.258 e. The Balaban J connectivity index is 0.00000147. The van der Waals surface area contributed by atoms with E-state index in [0.717, 1.165) is 30.6 Å². The molecule has 1 aromatic carbocycles. The maximum atomic E-state index is 6.18. The molecule has 1 saturated carbocycles. The van der Waals surface area contributed by atoms with Crippen LogP contribution in [-0.4, -0.2) is 16.7 Å². The third-order valence-electron chi connectivity index (χ3n) is 3.51. The first kappa shape index (κ1) is 14.8. The smallest absolute Gasteiger partial charge is 0.258 e. The normalized spacial score (nSPS) is 16.1. The van der Waals surface area contributed by atoms with Crippen molar-refractivity contribution in [2.45, 2.75) is 31.7 Å². The van der Waals surface area contributed by atoms with Crippen LogP contribution in [0.2, 0.25) is 0 Å². The fourth-order valence-electron chi connectivity index (χ4n) is 2.21. The maximum absolute atomic E-state index is 6.18. The zero-order chi connectivity index (χ0) is 13.3. The molecule has 6 heteroatoms. The molecule has 20 heavy (non-hydrogen) atoms. The van der Waals surface area contributed by atoms with Crippen molar-refractivity contribution in [1.82, 2.24) is 10.1 Å². The molecule has 0 radical (unpaired) electrons. The van der Waals surface area contributed by atoms with Gasteiger partial charge in [0.25, 0.3) is 5.89 Å². The quantitative estimate of drug-likeness (QED) is 0.939. The number of hydrogen-bond donors (Lipinski definition) is 1. The van der Waals surface area contributed by atoms with Gasteiger partial charge in [-0.05, 0) is 44.4 Å². The Kier molecular flexibility index (Phi) is 4.30. The Labute approximate surface area is 123 Å². The number of rotatable bonds is 4. The largest absolute Gasteiger partial charge is 0.494 e. The van der Waals surface area contributed by atoms with Crippen LogP contribution in [0.5, 0.6) is 5.75 Å². The fraction of sp³-hybridized carbons (Fsp3) is 0.429. The van der Waals surface area contributed by atoms with Gasteiger partial charge in [-0.1, -0.05) is 11.2 Å². The van der Waals surface area contributed by atoms with Crippen molar-refractivity contribution in [3.63, 3.8) is 0 Å². The molecule has 0 bridgehead atoms. The van der Waals surface area contributed by atoms with Crippen LogP contribution >= 0.6 is 12.4 Å². The lowest BCUT2D eigenvalue weighted by Crippen LogP contribution is -2.44. The van der Waals surface area contributed by atoms with Crippen molar-refractivity contribution in [3.05, 3.63) is 30.1 Å². The predicted octanol–water partition coefficient (Wildman–Crippen LogP) is 2.90. The van der Waals surface area contributed by atoms with E-state index in [1.807, 2.05) is 31.2 Å². The van der Waals surface area contributed by atoms with E-state index in [9.17, 15) is 0 Å². The summed E-state index contributed by atoms with van der Waals surface area (Å²) in [5.41, 5.74) is 6.65. The Hall–Kier alpha value is -1.59. The summed E-state index contributed by atoms with van der Waals surface area (Å²) in [6, 6.07) is 7.63. The van der Waals surface area contributed by atoms with Gasteiger partial charge in [-0.15, -0.1) is 12.4 Å². The molecule has 1 aliphatic rings. The third-order valence-corrected chi connectivity index (χ3v) is 3.51. The highest BCUT2D eigenvalue weighted by molar-refractivity contribution is 5.85. The van der Waals surface area contributed by atoms with Gasteiger partial charge in [0, 0.05) is 5.56 Å². The summed E-state index contributed by atoms with van der Waals surface area (Å²) < 4.78 is 10.8. The number of ether oxygens (including phenoxy) is 1. The zero-order valence-electron chi connectivity index (χ0n) is 11.3. The minimum absolute atomic E-state index is 0. The van der Waals surface area contributed by atoms with Crippen LogP contribution in [0.3, 0.4) is 0 Å². The second-order valence-electron chi connectivity index (χ2n) is 4.89. The van der Waals surface area contributed by atoms with Crippen LogP contribution in [-0.2, 0) is 5.54 Å². The van der Waals surface area contributed by atoms with E-state index >= 15 is 0 Å². The van der Waals surface area contributed by atoms with Crippen molar-refractivity contribution < 1.29 is 9.26 Å². The lowest BCUT2D eigenvalue weighted by atomic mass is 9.77. The molecular weight excluding hydrogens is 278 g/mol. The minimum Gasteiger partial charge on any atom is -0.494 e. The van der Waals surface area contributed by atoms with Crippen LogP contribution < -0.4 is 10.5 Å². The number of nitrogens with zero attached hydrogens (tertiary/aromatic N) is 2. The number of nitrogens with two attached hydrogens (primary N) is 1. The second-order valence-corrected chi connectivity index (χ2v) is 4.89. The minimum atomic E-state index is -0.390. The van der Waals surface area contributed by atoms with Crippen molar-refractivity contribution in [1.29, 1.82) is 0 Å². The molecule has 2 aromatic rings. The van der Waals surface area contributed by atoms with E-state index in [0.29, 0.717) is 18.3 Å². The summed E-state index contributed by atoms with van der Waals surface area (Å²) in [6.07, 6.45) is 2.97. The predicted molar refractivity (Wildman–Crippen MR) is 77.9 cm³/mol. The Morgan fingerprint density at radius 1 is 1.40 bits per heavy atom. The van der Waals surface area contributed by atoms with E-state index in [2.05, 4.69) is 10.1 Å². The number of halogens is 1. The molecule has 0 unspecified atom stereocenters. The van der Waals surface area contributed by atoms with Crippen LogP contribution in [0.4, 0.5) is 0 Å². The van der Waals surface area contributed by atoms with Gasteiger partial charge in [0.1, 0.15) is 5.75 Å². The molecule has 0 amide bonds. The molecular formula is C14H18ClN3O2. The lowest BCUT2D eigenvalue weighted by Gasteiger charge is -2.34. The standard InChI is InChI=1S/C14H17N3O2.ClH/c1-2-18-11-6-3-5-10(9-11)12-16-13(17-19-12)14(15)7-4-8-14;/h3,5-6,9H,2,4,7-8,15H2,1H3;1H. The summed E-state index contributed by atoms with van der Waals surface area (Å²) in [4.78, 5) is 4.42. The van der Waals surface area contributed by atoms with Crippen LogP contribution in [0.25, 0.3) is 11.5 Å². The highest BCUT2D eigenvalue weighted by Gasteiger charge is 2.39. The Bertz CT molecular complexity index is 581. The third kappa shape index (κ3) is 2.64. The van der Waals surface area contributed by atoms with Gasteiger partial charge in [-0.2, -0.15) is 4.98 Å². The number of benzene rings is 1.